The van der Waals surface area contributed by atoms with E-state index in [4.69, 9.17) is 4.74 Å². The van der Waals surface area contributed by atoms with Crippen LogP contribution in [0.25, 0.3) is 0 Å². The van der Waals surface area contributed by atoms with Crippen LogP contribution in [-0.2, 0) is 11.0 Å². The number of carbonyl (C=O) groups is 1. The van der Waals surface area contributed by atoms with Gasteiger partial charge in [-0.05, 0) is 49.4 Å². The summed E-state index contributed by atoms with van der Waals surface area (Å²) in [7, 11) is 0. The maximum atomic E-state index is 12.8. The summed E-state index contributed by atoms with van der Waals surface area (Å²) in [5, 5.41) is 2.35. The lowest BCUT2D eigenvalue weighted by Crippen LogP contribution is -2.30. The minimum absolute atomic E-state index is 0.0133. The zero-order valence-electron chi connectivity index (χ0n) is 12.0. The summed E-state index contributed by atoms with van der Waals surface area (Å²) in [6.07, 6.45) is -5.45. The highest BCUT2D eigenvalue weighted by Crippen LogP contribution is 2.30. The third kappa shape index (κ3) is 4.70. The predicted octanol–water partition coefficient (Wildman–Crippen LogP) is 4.25. The van der Waals surface area contributed by atoms with Crippen LogP contribution in [0.5, 0.6) is 5.75 Å². The van der Waals surface area contributed by atoms with Gasteiger partial charge >= 0.3 is 6.18 Å². The number of halogens is 4. The van der Waals surface area contributed by atoms with Gasteiger partial charge in [0.15, 0.2) is 6.10 Å². The summed E-state index contributed by atoms with van der Waals surface area (Å²) in [5.41, 5.74) is -0.846. The van der Waals surface area contributed by atoms with Gasteiger partial charge in [0.2, 0.25) is 0 Å². The molecule has 0 aliphatic carbocycles. The van der Waals surface area contributed by atoms with Crippen LogP contribution in [-0.4, -0.2) is 12.0 Å². The lowest BCUT2D eigenvalue weighted by molar-refractivity contribution is -0.137. The molecule has 0 fully saturated rings. The Bertz CT molecular complexity index is 683. The summed E-state index contributed by atoms with van der Waals surface area (Å²) in [6.45, 7) is 1.44. The smallest absolute Gasteiger partial charge is 0.416 e. The first-order chi connectivity index (χ1) is 10.8. The van der Waals surface area contributed by atoms with Gasteiger partial charge in [0, 0.05) is 5.69 Å². The maximum Gasteiger partial charge on any atom is 0.416 e. The highest BCUT2D eigenvalue weighted by Gasteiger charge is 2.30. The first kappa shape index (κ1) is 16.8. The Morgan fingerprint density at radius 2 is 1.78 bits per heavy atom. The summed E-state index contributed by atoms with van der Waals surface area (Å²) >= 11 is 0. The normalized spacial score (nSPS) is 12.6. The van der Waals surface area contributed by atoms with Gasteiger partial charge in [-0.2, -0.15) is 13.2 Å². The minimum atomic E-state index is -4.49. The second-order valence-corrected chi connectivity index (χ2v) is 4.78. The first-order valence-electron chi connectivity index (χ1n) is 6.66. The van der Waals surface area contributed by atoms with E-state index in [9.17, 15) is 22.4 Å². The molecule has 1 N–H and O–H groups in total. The summed E-state index contributed by atoms with van der Waals surface area (Å²) < 4.78 is 55.9. The van der Waals surface area contributed by atoms with Gasteiger partial charge in [-0.25, -0.2) is 4.39 Å². The van der Waals surface area contributed by atoms with Gasteiger partial charge < -0.3 is 10.1 Å². The van der Waals surface area contributed by atoms with Crippen molar-refractivity contribution < 1.29 is 27.1 Å². The predicted molar refractivity (Wildman–Crippen MR) is 76.6 cm³/mol. The van der Waals surface area contributed by atoms with E-state index in [-0.39, 0.29) is 11.4 Å². The minimum Gasteiger partial charge on any atom is -0.481 e. The van der Waals surface area contributed by atoms with Gasteiger partial charge in [-0.3, -0.25) is 4.79 Å². The van der Waals surface area contributed by atoms with E-state index in [1.54, 1.807) is 0 Å². The molecule has 0 aromatic heterocycles. The second-order valence-electron chi connectivity index (χ2n) is 4.78. The van der Waals surface area contributed by atoms with Crippen LogP contribution in [0.2, 0.25) is 0 Å². The van der Waals surface area contributed by atoms with Crippen molar-refractivity contribution in [3.05, 3.63) is 59.9 Å². The van der Waals surface area contributed by atoms with E-state index >= 15 is 0 Å². The number of hydrogen-bond acceptors (Lipinski definition) is 2. The third-order valence-electron chi connectivity index (χ3n) is 2.95. The number of rotatable bonds is 4. The largest absolute Gasteiger partial charge is 0.481 e. The van der Waals surface area contributed by atoms with E-state index in [1.807, 2.05) is 0 Å². The van der Waals surface area contributed by atoms with Gasteiger partial charge in [0.25, 0.3) is 5.91 Å². The SMILES string of the molecule is C[C@@H](Oc1ccc(F)cc1)C(=O)Nc1cccc(C(F)(F)F)c1. The van der Waals surface area contributed by atoms with Crippen molar-refractivity contribution in [2.24, 2.45) is 0 Å². The molecule has 1 atom stereocenters. The maximum absolute atomic E-state index is 12.8. The van der Waals surface area contributed by atoms with E-state index in [0.717, 1.165) is 12.1 Å². The summed E-state index contributed by atoms with van der Waals surface area (Å²) in [4.78, 5) is 12.0. The van der Waals surface area contributed by atoms with Crippen LogP contribution in [0.3, 0.4) is 0 Å². The Morgan fingerprint density at radius 1 is 1.13 bits per heavy atom. The molecule has 0 unspecified atom stereocenters. The van der Waals surface area contributed by atoms with Crippen molar-refractivity contribution in [2.45, 2.75) is 19.2 Å². The van der Waals surface area contributed by atoms with E-state index in [0.29, 0.717) is 0 Å². The van der Waals surface area contributed by atoms with Crippen LogP contribution in [0.4, 0.5) is 23.2 Å². The standard InChI is InChI=1S/C16H13F4NO2/c1-10(23-14-7-5-12(17)6-8-14)15(22)21-13-4-2-3-11(9-13)16(18,19)20/h2-10H,1H3,(H,21,22)/t10-/m1/s1. The Kier molecular flexibility index (Phi) is 4.88. The van der Waals surface area contributed by atoms with Crippen molar-refractivity contribution in [2.75, 3.05) is 5.32 Å². The molecule has 0 spiro atoms. The molecular weight excluding hydrogens is 314 g/mol. The highest BCUT2D eigenvalue weighted by molar-refractivity contribution is 5.94. The molecule has 2 aromatic rings. The fraction of sp³-hybridized carbons (Fsp3) is 0.188. The molecule has 2 aromatic carbocycles. The zero-order valence-corrected chi connectivity index (χ0v) is 12.0. The molecule has 0 bridgehead atoms. The lowest BCUT2D eigenvalue weighted by atomic mass is 10.2. The first-order valence-corrected chi connectivity index (χ1v) is 6.66. The summed E-state index contributed by atoms with van der Waals surface area (Å²) in [6, 6.07) is 9.34. The molecule has 122 valence electrons. The Morgan fingerprint density at radius 3 is 2.39 bits per heavy atom. The van der Waals surface area contributed by atoms with Crippen molar-refractivity contribution >= 4 is 11.6 Å². The van der Waals surface area contributed by atoms with Crippen molar-refractivity contribution in [1.29, 1.82) is 0 Å². The van der Waals surface area contributed by atoms with E-state index < -0.39 is 29.6 Å². The van der Waals surface area contributed by atoms with Crippen molar-refractivity contribution in [3.63, 3.8) is 0 Å². The topological polar surface area (TPSA) is 38.3 Å². The van der Waals surface area contributed by atoms with Gasteiger partial charge in [0.05, 0.1) is 5.56 Å². The lowest BCUT2D eigenvalue weighted by Gasteiger charge is -2.15. The van der Waals surface area contributed by atoms with Gasteiger partial charge in [-0.1, -0.05) is 6.07 Å². The molecule has 23 heavy (non-hydrogen) atoms. The highest BCUT2D eigenvalue weighted by atomic mass is 19.4. The average molecular weight is 327 g/mol. The molecule has 2 rings (SSSR count). The third-order valence-corrected chi connectivity index (χ3v) is 2.95. The molecule has 0 heterocycles. The number of alkyl halides is 3. The number of benzene rings is 2. The number of hydrogen-bond donors (Lipinski definition) is 1. The van der Waals surface area contributed by atoms with E-state index in [2.05, 4.69) is 5.32 Å². The molecule has 0 aliphatic rings. The molecule has 0 aliphatic heterocycles. The monoisotopic (exact) mass is 327 g/mol. The van der Waals surface area contributed by atoms with Crippen LogP contribution < -0.4 is 10.1 Å². The fourth-order valence-corrected chi connectivity index (χ4v) is 1.79. The molecule has 7 heteroatoms. The van der Waals surface area contributed by atoms with Crippen molar-refractivity contribution in [3.8, 4) is 5.75 Å². The number of carbonyl (C=O) groups excluding carboxylic acids is 1. The van der Waals surface area contributed by atoms with Crippen LogP contribution in [0.1, 0.15) is 12.5 Å². The number of amides is 1. The number of nitrogens with one attached hydrogen (secondary N) is 1. The number of anilines is 1. The van der Waals surface area contributed by atoms with Crippen LogP contribution >= 0.6 is 0 Å². The van der Waals surface area contributed by atoms with Gasteiger partial charge in [0.1, 0.15) is 11.6 Å². The molecule has 3 nitrogen and oxygen atoms in total. The van der Waals surface area contributed by atoms with Crippen LogP contribution in [0, 0.1) is 5.82 Å². The number of ether oxygens (including phenoxy) is 1. The molecule has 0 saturated carbocycles. The molecule has 0 radical (unpaired) electrons. The zero-order chi connectivity index (χ0) is 17.0. The molecule has 0 saturated heterocycles. The van der Waals surface area contributed by atoms with Crippen molar-refractivity contribution in [1.82, 2.24) is 0 Å². The summed E-state index contributed by atoms with van der Waals surface area (Å²) in [5.74, 6) is -0.787. The second kappa shape index (κ2) is 6.68. The van der Waals surface area contributed by atoms with E-state index in [1.165, 1.54) is 43.3 Å². The van der Waals surface area contributed by atoms with Crippen LogP contribution in [0.15, 0.2) is 48.5 Å². The Hall–Kier alpha value is -2.57. The molecule has 1 amide bonds. The quantitative estimate of drug-likeness (QED) is 0.853. The average Bonchev–Trinajstić information content (AvgIpc) is 2.49. The van der Waals surface area contributed by atoms with Gasteiger partial charge in [-0.15, -0.1) is 0 Å². The Balaban J connectivity index is 2.02. The Labute approximate surface area is 129 Å². The fourth-order valence-electron chi connectivity index (χ4n) is 1.79. The molecular formula is C16H13F4NO2.